The number of carbonyl (C=O) groups excluding carboxylic acids is 1. The van der Waals surface area contributed by atoms with Gasteiger partial charge in [-0.1, -0.05) is 26.0 Å². The summed E-state index contributed by atoms with van der Waals surface area (Å²) in [5.41, 5.74) is 2.12. The molecule has 1 aromatic carbocycles. The molecule has 140 valence electrons. The van der Waals surface area contributed by atoms with Crippen molar-refractivity contribution in [1.29, 1.82) is 0 Å². The number of carbonyl (C=O) groups is 1. The standard InChI is InChI=1S/C19H30N4O.HI/c1-7-21-17(23-13-18(2,3)19(23,4)5)22-12-14-8-10-15(11-9-14)16(24)20-6;/h8-11H,7,12-13H2,1-6H3,(H,20,24)(H,21,22);1H. The lowest BCUT2D eigenvalue weighted by molar-refractivity contribution is -0.0667. The van der Waals surface area contributed by atoms with Gasteiger partial charge in [0.1, 0.15) is 0 Å². The molecule has 0 aromatic heterocycles. The fourth-order valence-electron chi connectivity index (χ4n) is 2.87. The molecule has 1 aliphatic rings. The monoisotopic (exact) mass is 458 g/mol. The van der Waals surface area contributed by atoms with E-state index in [0.29, 0.717) is 12.1 Å². The maximum Gasteiger partial charge on any atom is 0.251 e. The van der Waals surface area contributed by atoms with Gasteiger partial charge in [-0.15, -0.1) is 24.0 Å². The highest BCUT2D eigenvalue weighted by molar-refractivity contribution is 14.0. The molecule has 2 N–H and O–H groups in total. The number of nitrogens with one attached hydrogen (secondary N) is 2. The highest BCUT2D eigenvalue weighted by Crippen LogP contribution is 2.46. The van der Waals surface area contributed by atoms with Gasteiger partial charge < -0.3 is 15.5 Å². The van der Waals surface area contributed by atoms with Gasteiger partial charge in [-0.05, 0) is 38.5 Å². The van der Waals surface area contributed by atoms with E-state index in [-0.39, 0.29) is 40.8 Å². The number of nitrogens with zero attached hydrogens (tertiary/aromatic N) is 2. The van der Waals surface area contributed by atoms with Crippen molar-refractivity contribution in [1.82, 2.24) is 15.5 Å². The molecule has 25 heavy (non-hydrogen) atoms. The Morgan fingerprint density at radius 1 is 1.20 bits per heavy atom. The lowest BCUT2D eigenvalue weighted by atomic mass is 9.65. The second-order valence-electron chi connectivity index (χ2n) is 7.48. The van der Waals surface area contributed by atoms with Crippen molar-refractivity contribution in [3.8, 4) is 0 Å². The largest absolute Gasteiger partial charge is 0.356 e. The molecule has 2 rings (SSSR count). The molecule has 5 nitrogen and oxygen atoms in total. The van der Waals surface area contributed by atoms with E-state index >= 15 is 0 Å². The molecule has 6 heteroatoms. The zero-order chi connectivity index (χ0) is 18.0. The molecule has 1 amide bonds. The number of hydrogen-bond acceptors (Lipinski definition) is 2. The second-order valence-corrected chi connectivity index (χ2v) is 7.48. The average molecular weight is 458 g/mol. The summed E-state index contributed by atoms with van der Waals surface area (Å²) >= 11 is 0. The molecule has 0 bridgehead atoms. The fourth-order valence-corrected chi connectivity index (χ4v) is 2.87. The average Bonchev–Trinajstić information content (AvgIpc) is 2.56. The third kappa shape index (κ3) is 4.46. The topological polar surface area (TPSA) is 56.7 Å². The molecule has 0 unspecified atom stereocenters. The minimum absolute atomic E-state index is 0. The number of aliphatic imine (C=N–C) groups is 1. The highest BCUT2D eigenvalue weighted by Gasteiger charge is 2.53. The Bertz CT molecular complexity index is 623. The van der Waals surface area contributed by atoms with E-state index in [9.17, 15) is 4.79 Å². The van der Waals surface area contributed by atoms with Gasteiger partial charge in [0, 0.05) is 36.7 Å². The molecule has 1 saturated heterocycles. The normalized spacial score (nSPS) is 18.0. The van der Waals surface area contributed by atoms with Gasteiger partial charge in [0.05, 0.1) is 6.54 Å². The molecule has 0 atom stereocenters. The molecule has 1 aromatic rings. The Morgan fingerprint density at radius 3 is 2.24 bits per heavy atom. The van der Waals surface area contributed by atoms with Crippen LogP contribution in [-0.4, -0.2) is 42.4 Å². The van der Waals surface area contributed by atoms with E-state index in [1.54, 1.807) is 7.05 Å². The van der Waals surface area contributed by atoms with Crippen molar-refractivity contribution in [3.63, 3.8) is 0 Å². The molecule has 0 radical (unpaired) electrons. The van der Waals surface area contributed by atoms with Crippen molar-refractivity contribution >= 4 is 35.8 Å². The third-order valence-electron chi connectivity index (χ3n) is 5.33. The molecule has 0 saturated carbocycles. The van der Waals surface area contributed by atoms with Crippen molar-refractivity contribution in [2.45, 2.75) is 46.7 Å². The molecule has 0 aliphatic carbocycles. The predicted octanol–water partition coefficient (Wildman–Crippen LogP) is 3.25. The Labute approximate surface area is 168 Å². The van der Waals surface area contributed by atoms with Crippen molar-refractivity contribution in [3.05, 3.63) is 35.4 Å². The van der Waals surface area contributed by atoms with Crippen LogP contribution in [0.25, 0.3) is 0 Å². The SMILES string of the molecule is CCNC(=NCc1ccc(C(=O)NC)cc1)N1CC(C)(C)C1(C)C.I. The van der Waals surface area contributed by atoms with Crippen LogP contribution in [0.4, 0.5) is 0 Å². The van der Waals surface area contributed by atoms with Crippen molar-refractivity contribution < 1.29 is 4.79 Å². The van der Waals surface area contributed by atoms with Gasteiger partial charge in [0.2, 0.25) is 0 Å². The molecule has 0 spiro atoms. The van der Waals surface area contributed by atoms with Gasteiger partial charge in [-0.2, -0.15) is 0 Å². The minimum atomic E-state index is -0.0667. The summed E-state index contributed by atoms with van der Waals surface area (Å²) in [4.78, 5) is 18.7. The summed E-state index contributed by atoms with van der Waals surface area (Å²) in [5.74, 6) is 0.889. The van der Waals surface area contributed by atoms with Gasteiger partial charge in [-0.3, -0.25) is 4.79 Å². The lowest BCUT2D eigenvalue weighted by Gasteiger charge is -2.62. The van der Waals surface area contributed by atoms with Crippen LogP contribution < -0.4 is 10.6 Å². The fraction of sp³-hybridized carbons (Fsp3) is 0.579. The third-order valence-corrected chi connectivity index (χ3v) is 5.33. The van der Waals surface area contributed by atoms with Gasteiger partial charge in [0.25, 0.3) is 5.91 Å². The maximum absolute atomic E-state index is 11.6. The number of guanidine groups is 1. The van der Waals surface area contributed by atoms with Gasteiger partial charge in [0.15, 0.2) is 5.96 Å². The Balaban J connectivity index is 0.00000312. The number of hydrogen-bond donors (Lipinski definition) is 2. The molecule has 1 aliphatic heterocycles. The van der Waals surface area contributed by atoms with Crippen LogP contribution in [-0.2, 0) is 6.54 Å². The summed E-state index contributed by atoms with van der Waals surface area (Å²) in [6.07, 6.45) is 0. The van der Waals surface area contributed by atoms with Crippen LogP contribution in [0.5, 0.6) is 0 Å². The molecule has 1 fully saturated rings. The quantitative estimate of drug-likeness (QED) is 0.414. The lowest BCUT2D eigenvalue weighted by Crippen LogP contribution is -2.72. The van der Waals surface area contributed by atoms with E-state index < -0.39 is 0 Å². The van der Waals surface area contributed by atoms with Crippen LogP contribution in [0.3, 0.4) is 0 Å². The summed E-state index contributed by atoms with van der Waals surface area (Å²) < 4.78 is 0. The number of rotatable bonds is 4. The first kappa shape index (κ1) is 21.7. The van der Waals surface area contributed by atoms with Crippen LogP contribution in [0, 0.1) is 5.41 Å². The number of benzene rings is 1. The molecule has 1 heterocycles. The zero-order valence-electron chi connectivity index (χ0n) is 16.1. The van der Waals surface area contributed by atoms with E-state index in [0.717, 1.165) is 24.6 Å². The van der Waals surface area contributed by atoms with Crippen LogP contribution >= 0.6 is 24.0 Å². The molecular weight excluding hydrogens is 427 g/mol. The predicted molar refractivity (Wildman–Crippen MR) is 115 cm³/mol. The van der Waals surface area contributed by atoms with E-state index in [1.807, 2.05) is 24.3 Å². The Hall–Kier alpha value is -1.31. The summed E-state index contributed by atoms with van der Waals surface area (Å²) in [6, 6.07) is 7.60. The number of halogens is 1. The second kappa shape index (κ2) is 8.38. The summed E-state index contributed by atoms with van der Waals surface area (Å²) in [5, 5.41) is 6.03. The van der Waals surface area contributed by atoms with Crippen LogP contribution in [0.2, 0.25) is 0 Å². The first-order chi connectivity index (χ1) is 11.2. The van der Waals surface area contributed by atoms with Crippen molar-refractivity contribution in [2.24, 2.45) is 10.4 Å². The molecular formula is C19H31IN4O. The van der Waals surface area contributed by atoms with Gasteiger partial charge in [-0.25, -0.2) is 4.99 Å². The first-order valence-corrected chi connectivity index (χ1v) is 8.60. The zero-order valence-corrected chi connectivity index (χ0v) is 18.5. The minimum Gasteiger partial charge on any atom is -0.356 e. The van der Waals surface area contributed by atoms with E-state index in [4.69, 9.17) is 4.99 Å². The first-order valence-electron chi connectivity index (χ1n) is 8.60. The Kier molecular flexibility index (Phi) is 7.28. The Morgan fingerprint density at radius 2 is 1.80 bits per heavy atom. The number of likely N-dealkylation sites (tertiary alicyclic amines) is 1. The van der Waals surface area contributed by atoms with Crippen LogP contribution in [0.1, 0.15) is 50.5 Å². The highest BCUT2D eigenvalue weighted by atomic mass is 127. The van der Waals surface area contributed by atoms with E-state index in [1.165, 1.54) is 0 Å². The van der Waals surface area contributed by atoms with E-state index in [2.05, 4.69) is 50.2 Å². The number of amides is 1. The van der Waals surface area contributed by atoms with Gasteiger partial charge >= 0.3 is 0 Å². The summed E-state index contributed by atoms with van der Waals surface area (Å²) in [6.45, 7) is 13.7. The van der Waals surface area contributed by atoms with Crippen molar-refractivity contribution in [2.75, 3.05) is 20.1 Å². The van der Waals surface area contributed by atoms with Crippen LogP contribution in [0.15, 0.2) is 29.3 Å². The maximum atomic E-state index is 11.6. The smallest absolute Gasteiger partial charge is 0.251 e. The summed E-state index contributed by atoms with van der Waals surface area (Å²) in [7, 11) is 1.64.